The molecule has 2 aromatic carbocycles. The van der Waals surface area contributed by atoms with Gasteiger partial charge >= 0.3 is 0 Å². The van der Waals surface area contributed by atoms with Crippen LogP contribution in [0.4, 0.5) is 10.1 Å². The van der Waals surface area contributed by atoms with Gasteiger partial charge in [0, 0.05) is 12.6 Å². The highest BCUT2D eigenvalue weighted by molar-refractivity contribution is 7.89. The van der Waals surface area contributed by atoms with E-state index in [1.807, 2.05) is 6.92 Å². The molecule has 5 nitrogen and oxygen atoms in total. The lowest BCUT2D eigenvalue weighted by atomic mass is 10.0. The molecule has 0 saturated carbocycles. The molecule has 2 aromatic rings. The summed E-state index contributed by atoms with van der Waals surface area (Å²) in [7, 11) is -3.84. The molecule has 1 fully saturated rings. The number of anilines is 1. The maximum absolute atomic E-state index is 14.3. The number of rotatable bonds is 5. The monoisotopic (exact) mass is 458 g/mol. The quantitative estimate of drug-likeness (QED) is 0.657. The molecule has 0 radical (unpaired) electrons. The van der Waals surface area contributed by atoms with Crippen molar-refractivity contribution in [2.24, 2.45) is 0 Å². The molecule has 29 heavy (non-hydrogen) atoms. The first-order chi connectivity index (χ1) is 13.8. The average Bonchev–Trinajstić information content (AvgIpc) is 2.71. The number of carbonyl (C=O) groups is 1. The molecule has 156 valence electrons. The highest BCUT2D eigenvalue weighted by Crippen LogP contribution is 2.31. The summed E-state index contributed by atoms with van der Waals surface area (Å²) in [5.41, 5.74) is -0.175. The molecule has 1 heterocycles. The van der Waals surface area contributed by atoms with Gasteiger partial charge < -0.3 is 5.32 Å². The van der Waals surface area contributed by atoms with Crippen LogP contribution in [0, 0.1) is 5.82 Å². The third-order valence-corrected chi connectivity index (χ3v) is 7.80. The van der Waals surface area contributed by atoms with E-state index in [4.69, 9.17) is 23.2 Å². The van der Waals surface area contributed by atoms with Gasteiger partial charge in [-0.1, -0.05) is 42.6 Å². The molecule has 3 rings (SSSR count). The molecular formula is C20H21Cl2FN2O3S. The molecule has 0 aromatic heterocycles. The molecule has 0 unspecified atom stereocenters. The Hall–Kier alpha value is -1.67. The van der Waals surface area contributed by atoms with Crippen molar-refractivity contribution >= 4 is 44.8 Å². The highest BCUT2D eigenvalue weighted by atomic mass is 35.5. The number of amides is 1. The van der Waals surface area contributed by atoms with Crippen LogP contribution < -0.4 is 5.32 Å². The predicted molar refractivity (Wildman–Crippen MR) is 113 cm³/mol. The topological polar surface area (TPSA) is 66.5 Å². The van der Waals surface area contributed by atoms with E-state index in [-0.39, 0.29) is 32.2 Å². The number of hydrogen-bond acceptors (Lipinski definition) is 3. The maximum atomic E-state index is 14.3. The number of piperidine rings is 1. The molecule has 1 N–H and O–H groups in total. The second-order valence-corrected chi connectivity index (χ2v) is 9.55. The molecule has 0 aliphatic carbocycles. The van der Waals surface area contributed by atoms with Gasteiger partial charge in [-0.3, -0.25) is 4.79 Å². The SMILES string of the molecule is CC[C@@H]1CCCCN1S(=O)(=O)c1ccc(F)c(C(=O)Nc2cccc(Cl)c2Cl)c1. The Balaban J connectivity index is 1.93. The van der Waals surface area contributed by atoms with Crippen LogP contribution in [0.2, 0.25) is 10.0 Å². The standard InChI is InChI=1S/C20H21Cl2FN2O3S/c1-2-13-6-3-4-11-25(13)29(27,28)14-9-10-17(23)15(12-14)20(26)24-18-8-5-7-16(21)19(18)22/h5,7-10,12-13H,2-4,6,11H2,1H3,(H,24,26)/t13-/m1/s1. The molecule has 1 amide bonds. The summed E-state index contributed by atoms with van der Waals surface area (Å²) < 4.78 is 42.1. The summed E-state index contributed by atoms with van der Waals surface area (Å²) in [6.45, 7) is 2.36. The summed E-state index contributed by atoms with van der Waals surface area (Å²) >= 11 is 12.0. The van der Waals surface area contributed by atoms with Gasteiger partial charge in [0.2, 0.25) is 10.0 Å². The lowest BCUT2D eigenvalue weighted by molar-refractivity contribution is 0.102. The van der Waals surface area contributed by atoms with Crippen LogP contribution in [0.25, 0.3) is 0 Å². The minimum atomic E-state index is -3.84. The molecule has 1 aliphatic heterocycles. The second kappa shape index (κ2) is 9.00. The minimum Gasteiger partial charge on any atom is -0.320 e. The number of hydrogen-bond donors (Lipinski definition) is 1. The number of carbonyl (C=O) groups excluding carboxylic acids is 1. The molecule has 9 heteroatoms. The summed E-state index contributed by atoms with van der Waals surface area (Å²) in [6.07, 6.45) is 3.23. The van der Waals surface area contributed by atoms with Crippen molar-refractivity contribution in [1.29, 1.82) is 0 Å². The van der Waals surface area contributed by atoms with Crippen molar-refractivity contribution in [3.05, 3.63) is 57.8 Å². The highest BCUT2D eigenvalue weighted by Gasteiger charge is 2.33. The zero-order valence-electron chi connectivity index (χ0n) is 15.8. The van der Waals surface area contributed by atoms with Crippen LogP contribution >= 0.6 is 23.2 Å². The molecular weight excluding hydrogens is 438 g/mol. The van der Waals surface area contributed by atoms with Crippen LogP contribution in [0.3, 0.4) is 0 Å². The molecule has 0 spiro atoms. The van der Waals surface area contributed by atoms with Crippen molar-refractivity contribution < 1.29 is 17.6 Å². The van der Waals surface area contributed by atoms with Crippen LogP contribution in [-0.4, -0.2) is 31.2 Å². The first-order valence-electron chi connectivity index (χ1n) is 9.32. The van der Waals surface area contributed by atoms with E-state index in [0.717, 1.165) is 31.4 Å². The third kappa shape index (κ3) is 4.58. The number of sulfonamides is 1. The van der Waals surface area contributed by atoms with E-state index in [1.165, 1.54) is 16.4 Å². The fourth-order valence-corrected chi connectivity index (χ4v) is 5.60. The summed E-state index contributed by atoms with van der Waals surface area (Å²) in [5.74, 6) is -1.64. The summed E-state index contributed by atoms with van der Waals surface area (Å²) in [6, 6.07) is 7.81. The number of nitrogens with zero attached hydrogens (tertiary/aromatic N) is 1. The minimum absolute atomic E-state index is 0.0960. The Kier molecular flexibility index (Phi) is 6.83. The van der Waals surface area contributed by atoms with Gasteiger partial charge in [0.25, 0.3) is 5.91 Å². The van der Waals surface area contributed by atoms with Crippen LogP contribution in [-0.2, 0) is 10.0 Å². The first-order valence-corrected chi connectivity index (χ1v) is 11.5. The molecule has 1 atom stereocenters. The van der Waals surface area contributed by atoms with E-state index in [0.29, 0.717) is 13.0 Å². The Labute approximate surface area is 179 Å². The van der Waals surface area contributed by atoms with Gasteiger partial charge in [-0.15, -0.1) is 0 Å². The zero-order chi connectivity index (χ0) is 21.2. The predicted octanol–water partition coefficient (Wildman–Crippen LogP) is 5.34. The number of nitrogens with one attached hydrogen (secondary N) is 1. The van der Waals surface area contributed by atoms with E-state index < -0.39 is 21.7 Å². The van der Waals surface area contributed by atoms with E-state index in [1.54, 1.807) is 12.1 Å². The van der Waals surface area contributed by atoms with Gasteiger partial charge in [0.1, 0.15) is 5.82 Å². The largest absolute Gasteiger partial charge is 0.320 e. The second-order valence-electron chi connectivity index (χ2n) is 6.87. The maximum Gasteiger partial charge on any atom is 0.258 e. The smallest absolute Gasteiger partial charge is 0.258 e. The van der Waals surface area contributed by atoms with E-state index in [9.17, 15) is 17.6 Å². The van der Waals surface area contributed by atoms with Crippen molar-refractivity contribution in [1.82, 2.24) is 4.31 Å². The van der Waals surface area contributed by atoms with Gasteiger partial charge in [-0.2, -0.15) is 4.31 Å². The van der Waals surface area contributed by atoms with Gasteiger partial charge in [-0.25, -0.2) is 12.8 Å². The van der Waals surface area contributed by atoms with E-state index >= 15 is 0 Å². The fraction of sp³-hybridized carbons (Fsp3) is 0.350. The van der Waals surface area contributed by atoms with Crippen molar-refractivity contribution in [3.63, 3.8) is 0 Å². The Morgan fingerprint density at radius 2 is 2.00 bits per heavy atom. The van der Waals surface area contributed by atoms with Crippen molar-refractivity contribution in [2.45, 2.75) is 43.5 Å². The van der Waals surface area contributed by atoms with Crippen molar-refractivity contribution in [3.8, 4) is 0 Å². The lowest BCUT2D eigenvalue weighted by Crippen LogP contribution is -2.43. The Bertz CT molecular complexity index is 1030. The fourth-order valence-electron chi connectivity index (χ4n) is 3.46. The zero-order valence-corrected chi connectivity index (χ0v) is 18.1. The van der Waals surface area contributed by atoms with Crippen molar-refractivity contribution in [2.75, 3.05) is 11.9 Å². The summed E-state index contributed by atoms with van der Waals surface area (Å²) in [4.78, 5) is 12.5. The molecule has 1 saturated heterocycles. The number of benzene rings is 2. The van der Waals surface area contributed by atoms with Crippen LogP contribution in [0.1, 0.15) is 43.0 Å². The van der Waals surface area contributed by atoms with Gasteiger partial charge in [0.15, 0.2) is 0 Å². The molecule has 0 bridgehead atoms. The van der Waals surface area contributed by atoms with Crippen LogP contribution in [0.5, 0.6) is 0 Å². The average molecular weight is 459 g/mol. The third-order valence-electron chi connectivity index (χ3n) is 5.03. The summed E-state index contributed by atoms with van der Waals surface area (Å²) in [5, 5.41) is 2.83. The normalized spacial score (nSPS) is 17.9. The molecule has 1 aliphatic rings. The Morgan fingerprint density at radius 3 is 2.72 bits per heavy atom. The lowest BCUT2D eigenvalue weighted by Gasteiger charge is -2.34. The van der Waals surface area contributed by atoms with Crippen LogP contribution in [0.15, 0.2) is 41.3 Å². The number of halogens is 3. The van der Waals surface area contributed by atoms with E-state index in [2.05, 4.69) is 5.32 Å². The first kappa shape index (κ1) is 22.0. The van der Waals surface area contributed by atoms with Gasteiger partial charge in [0.05, 0.1) is 26.2 Å². The Morgan fingerprint density at radius 1 is 1.24 bits per heavy atom. The van der Waals surface area contributed by atoms with Gasteiger partial charge in [-0.05, 0) is 49.6 Å².